The third kappa shape index (κ3) is 6.01. The van der Waals surface area contributed by atoms with Crippen molar-refractivity contribution in [3.8, 4) is 5.75 Å². The highest BCUT2D eigenvalue weighted by Gasteiger charge is 2.42. The van der Waals surface area contributed by atoms with Crippen LogP contribution in [0.25, 0.3) is 0 Å². The Labute approximate surface area is 215 Å². The zero-order valence-electron chi connectivity index (χ0n) is 20.5. The molecule has 0 amide bonds. The van der Waals surface area contributed by atoms with Crippen LogP contribution < -0.4 is 9.64 Å². The van der Waals surface area contributed by atoms with Gasteiger partial charge in [-0.05, 0) is 37.3 Å². The smallest absolute Gasteiger partial charge is 0.331 e. The fourth-order valence-electron chi connectivity index (χ4n) is 4.43. The van der Waals surface area contributed by atoms with Crippen molar-refractivity contribution in [1.82, 2.24) is 0 Å². The number of carboxylic acids is 1. The number of sulfone groups is 1. The molecular weight excluding hydrogens is 504 g/mol. The lowest BCUT2D eigenvalue weighted by molar-refractivity contribution is -0.384. The van der Waals surface area contributed by atoms with Crippen LogP contribution in [0.5, 0.6) is 5.75 Å². The summed E-state index contributed by atoms with van der Waals surface area (Å²) in [5.74, 6) is -0.990. The molecule has 1 aliphatic heterocycles. The van der Waals surface area contributed by atoms with E-state index in [1.165, 1.54) is 30.0 Å². The molecule has 194 valence electrons. The van der Waals surface area contributed by atoms with Crippen molar-refractivity contribution in [2.24, 2.45) is 5.41 Å². The summed E-state index contributed by atoms with van der Waals surface area (Å²) in [6.45, 7) is 4.49. The molecule has 0 bridgehead atoms. The fraction of sp³-hybridized carbons (Fsp3) is 0.400. The number of nitrogens with zero attached hydrogens (tertiary/aromatic N) is 2. The van der Waals surface area contributed by atoms with Crippen LogP contribution in [0.15, 0.2) is 58.5 Å². The molecule has 0 saturated carbocycles. The molecule has 1 aliphatic rings. The maximum atomic E-state index is 13.8. The molecule has 9 nitrogen and oxygen atoms in total. The third-order valence-corrected chi connectivity index (χ3v) is 9.20. The number of carbonyl (C=O) groups is 1. The van der Waals surface area contributed by atoms with Gasteiger partial charge in [-0.15, -0.1) is 11.8 Å². The highest BCUT2D eigenvalue weighted by Crippen LogP contribution is 2.47. The van der Waals surface area contributed by atoms with Gasteiger partial charge < -0.3 is 14.7 Å². The molecule has 2 aromatic carbocycles. The molecular formula is C25H30N2O7S2. The summed E-state index contributed by atoms with van der Waals surface area (Å²) in [5, 5.41) is 20.1. The Morgan fingerprint density at radius 2 is 1.97 bits per heavy atom. The summed E-state index contributed by atoms with van der Waals surface area (Å²) in [6, 6.07) is 9.29. The number of unbranched alkanes of at least 4 members (excludes halogenated alkanes) is 1. The van der Waals surface area contributed by atoms with Gasteiger partial charge in [0.25, 0.3) is 5.69 Å². The average Bonchev–Trinajstić information content (AvgIpc) is 2.94. The predicted molar refractivity (Wildman–Crippen MR) is 140 cm³/mol. The lowest BCUT2D eigenvalue weighted by Gasteiger charge is -2.36. The maximum Gasteiger partial charge on any atom is 0.331 e. The summed E-state index contributed by atoms with van der Waals surface area (Å²) in [6.07, 6.45) is 6.82. The van der Waals surface area contributed by atoms with Crippen LogP contribution >= 0.6 is 11.8 Å². The molecule has 0 aromatic heterocycles. The van der Waals surface area contributed by atoms with E-state index in [0.717, 1.165) is 31.6 Å². The summed E-state index contributed by atoms with van der Waals surface area (Å²) in [7, 11) is -3.76. The van der Waals surface area contributed by atoms with Crippen molar-refractivity contribution in [3.05, 3.63) is 58.9 Å². The molecule has 0 spiro atoms. The van der Waals surface area contributed by atoms with Crippen LogP contribution in [0.1, 0.15) is 39.5 Å². The molecule has 2 aromatic rings. The molecule has 0 radical (unpaired) electrons. The normalized spacial score (nSPS) is 19.0. The molecule has 1 heterocycles. The Kier molecular flexibility index (Phi) is 8.67. The van der Waals surface area contributed by atoms with Gasteiger partial charge in [-0.25, -0.2) is 13.2 Å². The van der Waals surface area contributed by atoms with E-state index >= 15 is 0 Å². The first-order chi connectivity index (χ1) is 17.1. The number of thioether (sulfide) groups is 1. The number of hydrogen-bond acceptors (Lipinski definition) is 8. The third-order valence-electron chi connectivity index (χ3n) is 6.45. The number of nitro groups is 1. The molecule has 1 atom stereocenters. The van der Waals surface area contributed by atoms with Crippen LogP contribution in [-0.2, 0) is 14.6 Å². The predicted octanol–water partition coefficient (Wildman–Crippen LogP) is 5.81. The highest BCUT2D eigenvalue weighted by molar-refractivity contribution is 7.98. The van der Waals surface area contributed by atoms with E-state index in [-0.39, 0.29) is 22.1 Å². The first-order valence-electron chi connectivity index (χ1n) is 11.6. The van der Waals surface area contributed by atoms with Gasteiger partial charge in [-0.1, -0.05) is 26.7 Å². The van der Waals surface area contributed by atoms with Crippen molar-refractivity contribution >= 4 is 44.6 Å². The fourth-order valence-corrected chi connectivity index (χ4v) is 7.15. The Balaban J connectivity index is 2.24. The van der Waals surface area contributed by atoms with E-state index in [2.05, 4.69) is 6.92 Å². The average molecular weight is 535 g/mol. The summed E-state index contributed by atoms with van der Waals surface area (Å²) < 4.78 is 33.1. The molecule has 1 N–H and O–H groups in total. The number of hydrogen-bond donors (Lipinski definition) is 1. The van der Waals surface area contributed by atoms with Crippen molar-refractivity contribution < 1.29 is 28.0 Å². The number of anilines is 2. The molecule has 1 unspecified atom stereocenters. The highest BCUT2D eigenvalue weighted by atomic mass is 32.2. The number of ether oxygens (including phenoxy) is 1. The van der Waals surface area contributed by atoms with Crippen LogP contribution in [0.4, 0.5) is 17.1 Å². The summed E-state index contributed by atoms with van der Waals surface area (Å²) in [5.41, 5.74) is 0.543. The number of aliphatic carboxylic acids is 1. The van der Waals surface area contributed by atoms with Gasteiger partial charge in [0.2, 0.25) is 0 Å². The molecule has 36 heavy (non-hydrogen) atoms. The number of fused-ring (bicyclic) bond motifs is 1. The van der Waals surface area contributed by atoms with E-state index < -0.39 is 26.1 Å². The van der Waals surface area contributed by atoms with E-state index in [1.807, 2.05) is 18.1 Å². The number of rotatable bonds is 10. The second kappa shape index (κ2) is 11.3. The summed E-state index contributed by atoms with van der Waals surface area (Å²) >= 11 is 1.34. The summed E-state index contributed by atoms with van der Waals surface area (Å²) in [4.78, 5) is 24.2. The standard InChI is InChI=1S/C25H30N2O7S2/c1-4-6-12-25(5-2)16-26(18-7-9-19(10-8-18)27(30)31)20-14-22(35-3)21(34-13-11-24(28)29)15-23(20)36(32,33)17-25/h7-11,13-15H,4-6,12,16-17H2,1-3H3,(H,28,29). The second-order valence-electron chi connectivity index (χ2n) is 8.81. The van der Waals surface area contributed by atoms with Crippen LogP contribution in [-0.4, -0.2) is 43.0 Å². The van der Waals surface area contributed by atoms with E-state index in [4.69, 9.17) is 9.84 Å². The van der Waals surface area contributed by atoms with Crippen molar-refractivity contribution in [2.45, 2.75) is 49.3 Å². The lowest BCUT2D eigenvalue weighted by atomic mass is 9.81. The van der Waals surface area contributed by atoms with E-state index in [0.29, 0.717) is 29.2 Å². The lowest BCUT2D eigenvalue weighted by Crippen LogP contribution is -2.37. The first kappa shape index (κ1) is 27.5. The largest absolute Gasteiger partial charge is 0.478 e. The maximum absolute atomic E-state index is 13.8. The van der Waals surface area contributed by atoms with E-state index in [9.17, 15) is 23.3 Å². The molecule has 0 saturated heterocycles. The van der Waals surface area contributed by atoms with Gasteiger partial charge in [-0.2, -0.15) is 0 Å². The van der Waals surface area contributed by atoms with Gasteiger partial charge in [0.1, 0.15) is 5.75 Å². The van der Waals surface area contributed by atoms with Crippen molar-refractivity contribution in [3.63, 3.8) is 0 Å². The number of benzene rings is 2. The van der Waals surface area contributed by atoms with Gasteiger partial charge >= 0.3 is 5.97 Å². The quantitative estimate of drug-likeness (QED) is 0.132. The Morgan fingerprint density at radius 1 is 1.28 bits per heavy atom. The minimum atomic E-state index is -3.76. The molecule has 3 rings (SSSR count). The van der Waals surface area contributed by atoms with Crippen LogP contribution in [0.2, 0.25) is 0 Å². The van der Waals surface area contributed by atoms with Crippen molar-refractivity contribution in [1.29, 1.82) is 0 Å². The second-order valence-corrected chi connectivity index (χ2v) is 11.6. The zero-order chi connectivity index (χ0) is 26.5. The number of nitro benzene ring substituents is 1. The van der Waals surface area contributed by atoms with Gasteiger partial charge in [0.05, 0.1) is 38.5 Å². The minimum Gasteiger partial charge on any atom is -0.478 e. The van der Waals surface area contributed by atoms with Gasteiger partial charge in [0.15, 0.2) is 9.84 Å². The molecule has 0 aliphatic carbocycles. The number of carboxylic acid groups (broad SMARTS) is 1. The Bertz CT molecular complexity index is 1260. The zero-order valence-corrected chi connectivity index (χ0v) is 22.1. The number of non-ortho nitro benzene ring substituents is 1. The van der Waals surface area contributed by atoms with Crippen LogP contribution in [0, 0.1) is 15.5 Å². The molecule has 11 heteroatoms. The SMILES string of the molecule is CCCCC1(CC)CN(c2ccc([N+](=O)[O-])cc2)c2cc(SC)c(OC=CC(=O)O)cc2S(=O)(=O)C1. The van der Waals surface area contributed by atoms with Gasteiger partial charge in [0, 0.05) is 35.8 Å². The molecule has 0 fully saturated rings. The van der Waals surface area contributed by atoms with Gasteiger partial charge in [-0.3, -0.25) is 10.1 Å². The Morgan fingerprint density at radius 3 is 2.53 bits per heavy atom. The topological polar surface area (TPSA) is 127 Å². The first-order valence-corrected chi connectivity index (χ1v) is 14.5. The minimum absolute atomic E-state index is 0.0456. The van der Waals surface area contributed by atoms with E-state index in [1.54, 1.807) is 18.2 Å². The Hall–Kier alpha value is -3.05. The van der Waals surface area contributed by atoms with Crippen molar-refractivity contribution in [2.75, 3.05) is 23.5 Å². The van der Waals surface area contributed by atoms with Crippen LogP contribution in [0.3, 0.4) is 0 Å². The monoisotopic (exact) mass is 534 g/mol.